The molecule has 7 nitrogen and oxygen atoms in total. The summed E-state index contributed by atoms with van der Waals surface area (Å²) in [6, 6.07) is 12.3. The number of aromatic nitrogens is 3. The van der Waals surface area contributed by atoms with Gasteiger partial charge in [0.25, 0.3) is 5.91 Å². The van der Waals surface area contributed by atoms with E-state index in [0.717, 1.165) is 5.56 Å². The van der Waals surface area contributed by atoms with Gasteiger partial charge in [0.05, 0.1) is 0 Å². The highest BCUT2D eigenvalue weighted by Gasteiger charge is 2.22. The molecule has 2 heterocycles. The zero-order valence-corrected chi connectivity index (χ0v) is 12.9. The highest BCUT2D eigenvalue weighted by Crippen LogP contribution is 2.20. The maximum Gasteiger partial charge on any atom is 0.252 e. The molecule has 2 aromatic heterocycles. The molecular formula is C16H17N5O2. The minimum absolute atomic E-state index is 0.241. The minimum atomic E-state index is -0.594. The molecule has 0 unspecified atom stereocenters. The molecule has 0 aliphatic heterocycles. The quantitative estimate of drug-likeness (QED) is 0.756. The number of benzene rings is 1. The molecule has 0 saturated heterocycles. The van der Waals surface area contributed by atoms with Crippen molar-refractivity contribution < 1.29 is 9.32 Å². The number of rotatable bonds is 5. The van der Waals surface area contributed by atoms with Gasteiger partial charge in [0.2, 0.25) is 0 Å². The van der Waals surface area contributed by atoms with Crippen LogP contribution in [-0.4, -0.2) is 20.8 Å². The van der Waals surface area contributed by atoms with E-state index in [4.69, 9.17) is 4.52 Å². The Morgan fingerprint density at radius 2 is 2.00 bits per heavy atom. The summed E-state index contributed by atoms with van der Waals surface area (Å²) in [7, 11) is 1.82. The summed E-state index contributed by atoms with van der Waals surface area (Å²) in [6.07, 6.45) is 1.81. The van der Waals surface area contributed by atoms with Gasteiger partial charge in [0, 0.05) is 25.4 Å². The topological polar surface area (TPSA) is 85.0 Å². The van der Waals surface area contributed by atoms with Gasteiger partial charge < -0.3 is 15.2 Å². The summed E-state index contributed by atoms with van der Waals surface area (Å²) in [5.41, 5.74) is 0.830. The Bertz CT molecular complexity index is 794. The van der Waals surface area contributed by atoms with Crippen LogP contribution in [0, 0.1) is 6.92 Å². The van der Waals surface area contributed by atoms with Gasteiger partial charge in [0.1, 0.15) is 17.6 Å². The van der Waals surface area contributed by atoms with Gasteiger partial charge in [0.15, 0.2) is 5.82 Å². The maximum absolute atomic E-state index is 12.6. The van der Waals surface area contributed by atoms with E-state index in [1.54, 1.807) is 17.7 Å². The molecule has 3 rings (SSSR count). The van der Waals surface area contributed by atoms with Gasteiger partial charge in [-0.3, -0.25) is 9.48 Å². The average molecular weight is 311 g/mol. The largest absolute Gasteiger partial charge is 0.360 e. The Balaban J connectivity index is 1.83. The lowest BCUT2D eigenvalue weighted by molar-refractivity contribution is -0.117. The second-order valence-electron chi connectivity index (χ2n) is 5.17. The number of aryl methyl sites for hydroxylation is 2. The summed E-state index contributed by atoms with van der Waals surface area (Å²) in [5, 5.41) is 13.9. The molecule has 7 heteroatoms. The Kier molecular flexibility index (Phi) is 4.09. The number of hydrogen-bond donors (Lipinski definition) is 2. The third kappa shape index (κ3) is 3.57. The van der Waals surface area contributed by atoms with E-state index in [0.29, 0.717) is 17.4 Å². The highest BCUT2D eigenvalue weighted by molar-refractivity contribution is 5.96. The summed E-state index contributed by atoms with van der Waals surface area (Å²) in [5.74, 6) is 1.40. The van der Waals surface area contributed by atoms with E-state index in [9.17, 15) is 4.79 Å². The van der Waals surface area contributed by atoms with Gasteiger partial charge in [-0.2, -0.15) is 5.10 Å². The molecule has 1 atom stereocenters. The zero-order chi connectivity index (χ0) is 16.2. The number of nitrogens with zero attached hydrogens (tertiary/aromatic N) is 3. The molecule has 1 amide bonds. The van der Waals surface area contributed by atoms with Crippen molar-refractivity contribution in [2.75, 3.05) is 10.6 Å². The van der Waals surface area contributed by atoms with Gasteiger partial charge in [-0.05, 0) is 12.5 Å². The van der Waals surface area contributed by atoms with Crippen LogP contribution in [-0.2, 0) is 11.8 Å². The van der Waals surface area contributed by atoms with E-state index < -0.39 is 6.04 Å². The molecule has 1 aromatic carbocycles. The van der Waals surface area contributed by atoms with Crippen molar-refractivity contribution >= 4 is 17.5 Å². The van der Waals surface area contributed by atoms with Crippen LogP contribution in [0.4, 0.5) is 11.6 Å². The second-order valence-corrected chi connectivity index (χ2v) is 5.17. The van der Waals surface area contributed by atoms with Gasteiger partial charge in [-0.25, -0.2) is 0 Å². The monoisotopic (exact) mass is 311 g/mol. The normalized spacial score (nSPS) is 11.9. The fraction of sp³-hybridized carbons (Fsp3) is 0.188. The predicted molar refractivity (Wildman–Crippen MR) is 85.9 cm³/mol. The lowest BCUT2D eigenvalue weighted by Gasteiger charge is -2.17. The van der Waals surface area contributed by atoms with Crippen molar-refractivity contribution in [3.63, 3.8) is 0 Å². The van der Waals surface area contributed by atoms with Gasteiger partial charge in [-0.1, -0.05) is 35.5 Å². The summed E-state index contributed by atoms with van der Waals surface area (Å²) >= 11 is 0. The van der Waals surface area contributed by atoms with Crippen molar-refractivity contribution in [3.8, 4) is 0 Å². The molecule has 0 spiro atoms. The van der Waals surface area contributed by atoms with E-state index in [-0.39, 0.29) is 5.91 Å². The van der Waals surface area contributed by atoms with Crippen molar-refractivity contribution in [1.29, 1.82) is 0 Å². The Morgan fingerprint density at radius 3 is 2.61 bits per heavy atom. The number of hydrogen-bond acceptors (Lipinski definition) is 5. The minimum Gasteiger partial charge on any atom is -0.360 e. The number of carbonyl (C=O) groups is 1. The van der Waals surface area contributed by atoms with Gasteiger partial charge in [-0.15, -0.1) is 0 Å². The van der Waals surface area contributed by atoms with E-state index in [2.05, 4.69) is 20.9 Å². The summed E-state index contributed by atoms with van der Waals surface area (Å²) in [6.45, 7) is 1.77. The van der Waals surface area contributed by atoms with E-state index >= 15 is 0 Å². The predicted octanol–water partition coefficient (Wildman–Crippen LogP) is 2.51. The van der Waals surface area contributed by atoms with Crippen molar-refractivity contribution in [2.24, 2.45) is 7.05 Å². The highest BCUT2D eigenvalue weighted by atomic mass is 16.5. The first-order valence-electron chi connectivity index (χ1n) is 7.17. The number of nitrogens with one attached hydrogen (secondary N) is 2. The van der Waals surface area contributed by atoms with Crippen molar-refractivity contribution in [3.05, 3.63) is 60.0 Å². The molecule has 0 fully saturated rings. The van der Waals surface area contributed by atoms with Crippen LogP contribution in [0.15, 0.2) is 53.2 Å². The fourth-order valence-corrected chi connectivity index (χ4v) is 2.21. The third-order valence-corrected chi connectivity index (χ3v) is 3.28. The van der Waals surface area contributed by atoms with Crippen molar-refractivity contribution in [1.82, 2.24) is 14.9 Å². The first kappa shape index (κ1) is 14.8. The standard InChI is InChI=1S/C16H17N5O2/c1-11-10-14(20-23-11)18-16(22)15(12-6-4-3-5-7-12)17-13-8-9-21(2)19-13/h3-10,15H,1-2H3,(H,17,19)(H,18,20,22)/t15-/m0/s1. The lowest BCUT2D eigenvalue weighted by atomic mass is 10.1. The van der Waals surface area contributed by atoms with Crippen LogP contribution in [0.3, 0.4) is 0 Å². The molecular weight excluding hydrogens is 294 g/mol. The van der Waals surface area contributed by atoms with Gasteiger partial charge >= 0.3 is 0 Å². The average Bonchev–Trinajstić information content (AvgIpc) is 3.14. The van der Waals surface area contributed by atoms with Crippen LogP contribution in [0.25, 0.3) is 0 Å². The van der Waals surface area contributed by atoms with E-state index in [1.807, 2.05) is 49.6 Å². The molecule has 0 aliphatic carbocycles. The van der Waals surface area contributed by atoms with Crippen LogP contribution in [0.2, 0.25) is 0 Å². The smallest absolute Gasteiger partial charge is 0.252 e. The molecule has 2 N–H and O–H groups in total. The van der Waals surface area contributed by atoms with Crippen LogP contribution < -0.4 is 10.6 Å². The molecule has 23 heavy (non-hydrogen) atoms. The van der Waals surface area contributed by atoms with Crippen LogP contribution in [0.1, 0.15) is 17.4 Å². The van der Waals surface area contributed by atoms with Crippen LogP contribution >= 0.6 is 0 Å². The Labute approximate surface area is 133 Å². The Morgan fingerprint density at radius 1 is 1.22 bits per heavy atom. The maximum atomic E-state index is 12.6. The number of carbonyl (C=O) groups excluding carboxylic acids is 1. The van der Waals surface area contributed by atoms with E-state index in [1.165, 1.54) is 0 Å². The fourth-order valence-electron chi connectivity index (χ4n) is 2.21. The summed E-state index contributed by atoms with van der Waals surface area (Å²) in [4.78, 5) is 12.6. The van der Waals surface area contributed by atoms with Crippen molar-refractivity contribution in [2.45, 2.75) is 13.0 Å². The SMILES string of the molecule is Cc1cc(NC(=O)[C@@H](Nc2ccn(C)n2)c2ccccc2)no1. The number of anilines is 2. The zero-order valence-electron chi connectivity index (χ0n) is 12.9. The first-order valence-corrected chi connectivity index (χ1v) is 7.17. The molecule has 118 valence electrons. The molecule has 0 bridgehead atoms. The van der Waals surface area contributed by atoms with Crippen LogP contribution in [0.5, 0.6) is 0 Å². The first-order chi connectivity index (χ1) is 11.1. The Hall–Kier alpha value is -3.09. The lowest BCUT2D eigenvalue weighted by Crippen LogP contribution is -2.27. The molecule has 0 saturated carbocycles. The summed E-state index contributed by atoms with van der Waals surface area (Å²) < 4.78 is 6.64. The molecule has 3 aromatic rings. The number of amides is 1. The second kappa shape index (κ2) is 6.35. The third-order valence-electron chi connectivity index (χ3n) is 3.28. The molecule has 0 aliphatic rings. The molecule has 0 radical (unpaired) electrons.